The molecule has 3 rings (SSSR count). The van der Waals surface area contributed by atoms with Crippen LogP contribution in [0.3, 0.4) is 0 Å². The number of methoxy groups -OCH3 is 1. The summed E-state index contributed by atoms with van der Waals surface area (Å²) in [6, 6.07) is 4.16. The fourth-order valence-corrected chi connectivity index (χ4v) is 5.57. The average Bonchev–Trinajstić information content (AvgIpc) is 3.11. The van der Waals surface area contributed by atoms with Gasteiger partial charge in [-0.3, -0.25) is 0 Å². The molecule has 1 unspecified atom stereocenters. The molecular weight excluding hydrogens is 512 g/mol. The standard InChI is InChI=1S/C32H50O8/c1-6-7-8-11-25-22-28(39-31(33)38-20-19-37-18-17-36-16-15-35-14-13-34-5)30-26-21-24(2)10-9-12-27(26)32(3,4)40-29(30)23-25/h21-23,26-27H,6-20H2,1-5H3/t26-,27?/m1/s1. The fourth-order valence-electron chi connectivity index (χ4n) is 5.57. The first-order chi connectivity index (χ1) is 19.4. The number of rotatable bonds is 17. The third kappa shape index (κ3) is 10.1. The van der Waals surface area contributed by atoms with Gasteiger partial charge in [-0.2, -0.15) is 0 Å². The van der Waals surface area contributed by atoms with Gasteiger partial charge in [0.05, 0.1) is 46.2 Å². The summed E-state index contributed by atoms with van der Waals surface area (Å²) in [7, 11) is 1.64. The van der Waals surface area contributed by atoms with Crippen molar-refractivity contribution in [3.05, 3.63) is 34.9 Å². The molecule has 40 heavy (non-hydrogen) atoms. The predicted molar refractivity (Wildman–Crippen MR) is 155 cm³/mol. The largest absolute Gasteiger partial charge is 0.513 e. The zero-order valence-electron chi connectivity index (χ0n) is 25.3. The number of hydrogen-bond donors (Lipinski definition) is 0. The van der Waals surface area contributed by atoms with Gasteiger partial charge in [0.25, 0.3) is 0 Å². The number of aryl methyl sites for hydroxylation is 1. The van der Waals surface area contributed by atoms with Gasteiger partial charge in [-0.05, 0) is 70.6 Å². The topological polar surface area (TPSA) is 81.7 Å². The van der Waals surface area contributed by atoms with E-state index in [0.717, 1.165) is 61.8 Å². The molecule has 1 aliphatic heterocycles. The molecule has 1 aromatic rings. The highest BCUT2D eigenvalue weighted by Crippen LogP contribution is 2.53. The zero-order chi connectivity index (χ0) is 28.8. The first kappa shape index (κ1) is 32.4. The first-order valence-electron chi connectivity index (χ1n) is 15.0. The summed E-state index contributed by atoms with van der Waals surface area (Å²) in [6.07, 6.45) is 9.20. The number of allylic oxidation sites excluding steroid dienone is 2. The lowest BCUT2D eigenvalue weighted by molar-refractivity contribution is -0.00476. The lowest BCUT2D eigenvalue weighted by Crippen LogP contribution is -2.44. The van der Waals surface area contributed by atoms with Gasteiger partial charge < -0.3 is 33.2 Å². The van der Waals surface area contributed by atoms with Crippen LogP contribution in [0.2, 0.25) is 0 Å². The molecule has 0 amide bonds. The SMILES string of the molecule is CCCCCc1cc(OC(=O)OCCOCCOCCOCCOC)c2c(c1)OC(C)(C)C1CCCC(C)=C[C@@H]21. The third-order valence-corrected chi connectivity index (χ3v) is 7.63. The first-order valence-corrected chi connectivity index (χ1v) is 15.0. The van der Waals surface area contributed by atoms with E-state index in [9.17, 15) is 4.79 Å². The van der Waals surface area contributed by atoms with Crippen LogP contribution in [-0.2, 0) is 30.1 Å². The fraction of sp³-hybridized carbons (Fsp3) is 0.719. The molecule has 226 valence electrons. The van der Waals surface area contributed by atoms with E-state index in [4.69, 9.17) is 33.2 Å². The van der Waals surface area contributed by atoms with E-state index in [1.165, 1.54) is 5.57 Å². The highest BCUT2D eigenvalue weighted by atomic mass is 16.7. The molecule has 8 heteroatoms. The molecule has 0 bridgehead atoms. The van der Waals surface area contributed by atoms with Crippen LogP contribution in [0.1, 0.15) is 83.3 Å². The van der Waals surface area contributed by atoms with E-state index in [2.05, 4.69) is 39.8 Å². The molecule has 1 aliphatic carbocycles. The second-order valence-electron chi connectivity index (χ2n) is 11.2. The lowest BCUT2D eigenvalue weighted by atomic mass is 9.72. The van der Waals surface area contributed by atoms with Gasteiger partial charge in [0, 0.05) is 24.5 Å². The average molecular weight is 563 g/mol. The molecule has 0 saturated carbocycles. The lowest BCUT2D eigenvalue weighted by Gasteiger charge is -2.44. The van der Waals surface area contributed by atoms with Gasteiger partial charge in [0.15, 0.2) is 0 Å². The minimum absolute atomic E-state index is 0.103. The minimum Gasteiger partial charge on any atom is -0.487 e. The molecule has 0 aromatic heterocycles. The summed E-state index contributed by atoms with van der Waals surface area (Å²) in [5.74, 6) is 1.80. The Morgan fingerprint density at radius 3 is 2.33 bits per heavy atom. The highest BCUT2D eigenvalue weighted by Gasteiger charge is 2.45. The van der Waals surface area contributed by atoms with Gasteiger partial charge in [0.1, 0.15) is 23.7 Å². The van der Waals surface area contributed by atoms with Crippen molar-refractivity contribution in [2.24, 2.45) is 5.92 Å². The molecule has 2 atom stereocenters. The van der Waals surface area contributed by atoms with Crippen LogP contribution in [0, 0.1) is 5.92 Å². The Morgan fingerprint density at radius 1 is 0.975 bits per heavy atom. The molecule has 0 spiro atoms. The molecule has 0 fully saturated rings. The van der Waals surface area contributed by atoms with Crippen molar-refractivity contribution < 1.29 is 38.0 Å². The monoisotopic (exact) mass is 562 g/mol. The van der Waals surface area contributed by atoms with Crippen molar-refractivity contribution in [3.63, 3.8) is 0 Å². The Balaban J connectivity index is 1.58. The Kier molecular flexibility index (Phi) is 13.7. The number of ether oxygens (including phenoxy) is 7. The maximum absolute atomic E-state index is 12.8. The molecule has 0 radical (unpaired) electrons. The summed E-state index contributed by atoms with van der Waals surface area (Å²) < 4.78 is 39.1. The Labute approximate surface area is 240 Å². The van der Waals surface area contributed by atoms with Gasteiger partial charge in [-0.25, -0.2) is 4.79 Å². The minimum atomic E-state index is -0.725. The summed E-state index contributed by atoms with van der Waals surface area (Å²) in [5.41, 5.74) is 3.14. The van der Waals surface area contributed by atoms with Crippen molar-refractivity contribution in [3.8, 4) is 11.5 Å². The molecular formula is C32H50O8. The molecule has 2 aliphatic rings. The van der Waals surface area contributed by atoms with Crippen LogP contribution >= 0.6 is 0 Å². The van der Waals surface area contributed by atoms with E-state index in [1.807, 2.05) is 6.07 Å². The second kappa shape index (κ2) is 17.0. The number of hydrogen-bond acceptors (Lipinski definition) is 8. The van der Waals surface area contributed by atoms with Gasteiger partial charge in [-0.15, -0.1) is 0 Å². The quantitative estimate of drug-likeness (QED) is 0.0906. The molecule has 8 nitrogen and oxygen atoms in total. The van der Waals surface area contributed by atoms with Gasteiger partial charge >= 0.3 is 6.16 Å². The van der Waals surface area contributed by atoms with Crippen LogP contribution in [0.25, 0.3) is 0 Å². The van der Waals surface area contributed by atoms with E-state index < -0.39 is 6.16 Å². The van der Waals surface area contributed by atoms with Gasteiger partial charge in [0.2, 0.25) is 0 Å². The second-order valence-corrected chi connectivity index (χ2v) is 11.2. The van der Waals surface area contributed by atoms with Crippen molar-refractivity contribution in [1.82, 2.24) is 0 Å². The van der Waals surface area contributed by atoms with Crippen molar-refractivity contribution in [2.45, 2.75) is 84.2 Å². The van der Waals surface area contributed by atoms with E-state index in [0.29, 0.717) is 51.3 Å². The molecule has 0 N–H and O–H groups in total. The smallest absolute Gasteiger partial charge is 0.487 e. The number of carbonyl (C=O) groups excluding carboxylic acids is 1. The Bertz CT molecular complexity index is 941. The Hall–Kier alpha value is -2.13. The van der Waals surface area contributed by atoms with Crippen LogP contribution < -0.4 is 9.47 Å². The van der Waals surface area contributed by atoms with Gasteiger partial charge in [-0.1, -0.05) is 31.4 Å². The van der Waals surface area contributed by atoms with Crippen molar-refractivity contribution in [2.75, 3.05) is 60.0 Å². The third-order valence-electron chi connectivity index (χ3n) is 7.63. The molecule has 1 aromatic carbocycles. The number of fused-ring (bicyclic) bond motifs is 3. The maximum Gasteiger partial charge on any atom is 0.513 e. The van der Waals surface area contributed by atoms with E-state index in [-0.39, 0.29) is 24.7 Å². The summed E-state index contributed by atoms with van der Waals surface area (Å²) in [6.45, 7) is 12.1. The summed E-state index contributed by atoms with van der Waals surface area (Å²) >= 11 is 0. The number of unbranched alkanes of at least 4 members (excludes halogenated alkanes) is 2. The highest BCUT2D eigenvalue weighted by molar-refractivity contribution is 5.67. The predicted octanol–water partition coefficient (Wildman–Crippen LogP) is 6.63. The van der Waals surface area contributed by atoms with E-state index >= 15 is 0 Å². The normalized spacial score (nSPS) is 19.6. The van der Waals surface area contributed by atoms with E-state index in [1.54, 1.807) is 7.11 Å². The Morgan fingerprint density at radius 2 is 1.65 bits per heavy atom. The molecule has 0 saturated heterocycles. The van der Waals surface area contributed by atoms with Crippen LogP contribution in [0.4, 0.5) is 4.79 Å². The van der Waals surface area contributed by atoms with Crippen LogP contribution in [0.15, 0.2) is 23.8 Å². The summed E-state index contributed by atoms with van der Waals surface area (Å²) in [5, 5.41) is 0. The summed E-state index contributed by atoms with van der Waals surface area (Å²) in [4.78, 5) is 12.8. The number of carbonyl (C=O) groups is 1. The molecule has 1 heterocycles. The van der Waals surface area contributed by atoms with Crippen molar-refractivity contribution >= 4 is 6.16 Å². The van der Waals surface area contributed by atoms with Crippen LogP contribution in [-0.4, -0.2) is 71.7 Å². The van der Waals surface area contributed by atoms with Crippen molar-refractivity contribution in [1.29, 1.82) is 0 Å². The number of benzene rings is 1. The maximum atomic E-state index is 12.8. The van der Waals surface area contributed by atoms with Crippen LogP contribution in [0.5, 0.6) is 11.5 Å². The zero-order valence-corrected chi connectivity index (χ0v) is 25.3.